The van der Waals surface area contributed by atoms with Crippen molar-refractivity contribution in [2.75, 3.05) is 0 Å². The fourth-order valence-electron chi connectivity index (χ4n) is 2.68. The van der Waals surface area contributed by atoms with Gasteiger partial charge in [-0.05, 0) is 29.8 Å². The Morgan fingerprint density at radius 1 is 1.00 bits per heavy atom. The van der Waals surface area contributed by atoms with Crippen molar-refractivity contribution in [1.82, 2.24) is 4.98 Å². The highest BCUT2D eigenvalue weighted by molar-refractivity contribution is 5.56. The number of nitrogens with zero attached hydrogens (tertiary/aromatic N) is 2. The Kier molecular flexibility index (Phi) is 5.41. The van der Waals surface area contributed by atoms with Gasteiger partial charge in [-0.1, -0.05) is 42.5 Å². The van der Waals surface area contributed by atoms with Crippen LogP contribution < -0.4 is 4.74 Å². The van der Waals surface area contributed by atoms with Gasteiger partial charge in [-0.25, -0.2) is 4.85 Å². The van der Waals surface area contributed by atoms with E-state index < -0.39 is 23.5 Å². The summed E-state index contributed by atoms with van der Waals surface area (Å²) in [6.45, 7) is 6.93. The zero-order valence-corrected chi connectivity index (χ0v) is 14.1. The van der Waals surface area contributed by atoms with Gasteiger partial charge in [0.2, 0.25) is 0 Å². The van der Waals surface area contributed by atoms with E-state index in [4.69, 9.17) is 11.3 Å². The summed E-state index contributed by atoms with van der Waals surface area (Å²) in [6, 6.07) is 18.2. The van der Waals surface area contributed by atoms with Crippen LogP contribution in [-0.4, -0.2) is 4.98 Å². The number of alkyl halides is 3. The Labute approximate surface area is 154 Å². The highest BCUT2D eigenvalue weighted by Gasteiger charge is 2.34. The van der Waals surface area contributed by atoms with Crippen molar-refractivity contribution in [3.63, 3.8) is 0 Å². The SMILES string of the molecule is [C-]#[N+]c1ccc(OC(Cc2ccccc2)c2ccccn2)cc1C(F)(F)F. The summed E-state index contributed by atoms with van der Waals surface area (Å²) in [6.07, 6.45) is -3.13. The molecule has 3 aromatic rings. The molecule has 0 aliphatic heterocycles. The van der Waals surface area contributed by atoms with Crippen LogP contribution in [0.3, 0.4) is 0 Å². The number of hydrogen-bond donors (Lipinski definition) is 0. The molecule has 0 aliphatic rings. The minimum absolute atomic E-state index is 0.0429. The molecule has 3 nitrogen and oxygen atoms in total. The fourth-order valence-corrected chi connectivity index (χ4v) is 2.68. The van der Waals surface area contributed by atoms with Gasteiger partial charge >= 0.3 is 6.18 Å². The number of ether oxygens (including phenoxy) is 1. The monoisotopic (exact) mass is 368 g/mol. The highest BCUT2D eigenvalue weighted by atomic mass is 19.4. The smallest absolute Gasteiger partial charge is 0.407 e. The summed E-state index contributed by atoms with van der Waals surface area (Å²) < 4.78 is 45.5. The van der Waals surface area contributed by atoms with Crippen molar-refractivity contribution in [3.8, 4) is 5.75 Å². The molecule has 0 amide bonds. The van der Waals surface area contributed by atoms with Crippen LogP contribution in [0.4, 0.5) is 18.9 Å². The molecule has 0 saturated carbocycles. The molecule has 6 heteroatoms. The molecule has 0 radical (unpaired) electrons. The molecule has 3 rings (SSSR count). The molecular weight excluding hydrogens is 353 g/mol. The van der Waals surface area contributed by atoms with Crippen molar-refractivity contribution in [2.45, 2.75) is 18.7 Å². The molecule has 0 fully saturated rings. The van der Waals surface area contributed by atoms with Gasteiger partial charge in [-0.15, -0.1) is 0 Å². The second kappa shape index (κ2) is 7.92. The minimum Gasteiger partial charge on any atom is -0.484 e. The largest absolute Gasteiger partial charge is 0.484 e. The van der Waals surface area contributed by atoms with Gasteiger partial charge in [0.1, 0.15) is 11.9 Å². The number of hydrogen-bond acceptors (Lipinski definition) is 2. The predicted octanol–water partition coefficient (Wildman–Crippen LogP) is 6.01. The topological polar surface area (TPSA) is 26.5 Å². The molecule has 1 atom stereocenters. The van der Waals surface area contributed by atoms with E-state index in [1.807, 2.05) is 30.3 Å². The Balaban J connectivity index is 1.94. The number of benzene rings is 2. The maximum Gasteiger partial charge on any atom is 0.407 e. The van der Waals surface area contributed by atoms with Crippen LogP contribution in [0, 0.1) is 6.57 Å². The van der Waals surface area contributed by atoms with Gasteiger partial charge in [0.25, 0.3) is 0 Å². The van der Waals surface area contributed by atoms with E-state index in [1.54, 1.807) is 24.4 Å². The van der Waals surface area contributed by atoms with Crippen LogP contribution in [0.5, 0.6) is 5.75 Å². The van der Waals surface area contributed by atoms with E-state index in [9.17, 15) is 13.2 Å². The van der Waals surface area contributed by atoms with Crippen LogP contribution in [0.1, 0.15) is 22.9 Å². The lowest BCUT2D eigenvalue weighted by Crippen LogP contribution is -2.13. The Morgan fingerprint density at radius 2 is 1.74 bits per heavy atom. The van der Waals surface area contributed by atoms with E-state index in [0.29, 0.717) is 12.1 Å². The first-order chi connectivity index (χ1) is 13.0. The molecule has 0 bridgehead atoms. The van der Waals surface area contributed by atoms with Crippen LogP contribution in [0.15, 0.2) is 72.9 Å². The van der Waals surface area contributed by atoms with Crippen molar-refractivity contribution in [1.29, 1.82) is 0 Å². The maximum absolute atomic E-state index is 13.2. The molecule has 1 aromatic heterocycles. The fraction of sp³-hybridized carbons (Fsp3) is 0.143. The molecule has 0 saturated heterocycles. The maximum atomic E-state index is 13.2. The molecule has 136 valence electrons. The van der Waals surface area contributed by atoms with E-state index in [2.05, 4.69) is 9.83 Å². The minimum atomic E-state index is -4.63. The number of halogens is 3. The quantitative estimate of drug-likeness (QED) is 0.515. The van der Waals surface area contributed by atoms with Gasteiger partial charge in [0.15, 0.2) is 5.69 Å². The van der Waals surface area contributed by atoms with Crippen LogP contribution in [0.2, 0.25) is 0 Å². The molecule has 0 aliphatic carbocycles. The Bertz CT molecular complexity index is 935. The van der Waals surface area contributed by atoms with E-state index in [-0.39, 0.29) is 5.75 Å². The molecule has 1 unspecified atom stereocenters. The van der Waals surface area contributed by atoms with E-state index in [1.165, 1.54) is 6.07 Å². The third-order valence-electron chi connectivity index (χ3n) is 3.95. The molecule has 0 spiro atoms. The lowest BCUT2D eigenvalue weighted by Gasteiger charge is -2.20. The van der Waals surface area contributed by atoms with Gasteiger partial charge in [-0.3, -0.25) is 4.98 Å². The van der Waals surface area contributed by atoms with E-state index >= 15 is 0 Å². The van der Waals surface area contributed by atoms with Gasteiger partial charge < -0.3 is 4.74 Å². The first-order valence-electron chi connectivity index (χ1n) is 8.17. The zero-order valence-electron chi connectivity index (χ0n) is 14.1. The second-order valence-electron chi connectivity index (χ2n) is 5.84. The zero-order chi connectivity index (χ0) is 19.3. The average molecular weight is 368 g/mol. The lowest BCUT2D eigenvalue weighted by atomic mass is 10.0. The summed E-state index contributed by atoms with van der Waals surface area (Å²) in [5.74, 6) is 0.0429. The predicted molar refractivity (Wildman–Crippen MR) is 95.5 cm³/mol. The number of aromatic nitrogens is 1. The van der Waals surface area contributed by atoms with Crippen molar-refractivity contribution in [2.24, 2.45) is 0 Å². The van der Waals surface area contributed by atoms with Gasteiger partial charge in [-0.2, -0.15) is 13.2 Å². The van der Waals surface area contributed by atoms with Crippen molar-refractivity contribution < 1.29 is 17.9 Å². The van der Waals surface area contributed by atoms with E-state index in [0.717, 1.165) is 17.7 Å². The lowest BCUT2D eigenvalue weighted by molar-refractivity contribution is -0.137. The summed E-state index contributed by atoms with van der Waals surface area (Å²) in [7, 11) is 0. The van der Waals surface area contributed by atoms with Crippen LogP contribution in [-0.2, 0) is 12.6 Å². The molecule has 27 heavy (non-hydrogen) atoms. The standard InChI is InChI=1S/C21H15F3N2O/c1-25-18-11-10-16(14-17(18)21(22,23)24)27-20(19-9-5-6-12-26-19)13-15-7-3-2-4-8-15/h2-12,14,20H,13H2. The molecular formula is C21H15F3N2O. The summed E-state index contributed by atoms with van der Waals surface area (Å²) >= 11 is 0. The van der Waals surface area contributed by atoms with Crippen LogP contribution >= 0.6 is 0 Å². The first kappa shape index (κ1) is 18.5. The summed E-state index contributed by atoms with van der Waals surface area (Å²) in [5.41, 5.74) is 0.132. The van der Waals surface area contributed by atoms with Crippen molar-refractivity contribution in [3.05, 3.63) is 101 Å². The molecule has 1 heterocycles. The number of pyridine rings is 1. The van der Waals surface area contributed by atoms with Crippen LogP contribution in [0.25, 0.3) is 4.85 Å². The highest BCUT2D eigenvalue weighted by Crippen LogP contribution is 2.39. The Morgan fingerprint density at radius 3 is 2.37 bits per heavy atom. The normalized spacial score (nSPS) is 12.2. The molecule has 0 N–H and O–H groups in total. The van der Waals surface area contributed by atoms with Crippen molar-refractivity contribution >= 4 is 5.69 Å². The Hall–Kier alpha value is -3.33. The third-order valence-corrected chi connectivity index (χ3v) is 3.95. The summed E-state index contributed by atoms with van der Waals surface area (Å²) in [5, 5.41) is 0. The van der Waals surface area contributed by atoms with Gasteiger partial charge in [0.05, 0.1) is 17.8 Å². The second-order valence-corrected chi connectivity index (χ2v) is 5.84. The number of rotatable bonds is 5. The first-order valence-corrected chi connectivity index (χ1v) is 8.17. The average Bonchev–Trinajstić information content (AvgIpc) is 2.68. The van der Waals surface area contributed by atoms with Gasteiger partial charge in [0, 0.05) is 12.6 Å². The summed E-state index contributed by atoms with van der Waals surface area (Å²) in [4.78, 5) is 7.23. The molecule has 2 aromatic carbocycles. The third kappa shape index (κ3) is 4.64.